The van der Waals surface area contributed by atoms with Crippen molar-refractivity contribution in [3.8, 4) is 0 Å². The fourth-order valence-corrected chi connectivity index (χ4v) is 1.81. The van der Waals surface area contributed by atoms with Crippen molar-refractivity contribution >= 4 is 17.3 Å². The van der Waals surface area contributed by atoms with Gasteiger partial charge in [-0.05, 0) is 12.8 Å². The summed E-state index contributed by atoms with van der Waals surface area (Å²) in [6.45, 7) is 1.35. The van der Waals surface area contributed by atoms with Crippen LogP contribution in [0.3, 0.4) is 0 Å². The van der Waals surface area contributed by atoms with Crippen LogP contribution in [0.25, 0.3) is 0 Å². The second-order valence-electron chi connectivity index (χ2n) is 4.01. The summed E-state index contributed by atoms with van der Waals surface area (Å²) in [7, 11) is 0. The smallest absolute Gasteiger partial charge is 0.276 e. The van der Waals surface area contributed by atoms with Crippen LogP contribution in [0.2, 0.25) is 0 Å². The molecule has 0 radical (unpaired) electrons. The van der Waals surface area contributed by atoms with Gasteiger partial charge in [0, 0.05) is 13.2 Å². The molecule has 1 saturated heterocycles. The molecule has 0 aliphatic carbocycles. The summed E-state index contributed by atoms with van der Waals surface area (Å²) in [4.78, 5) is 14.3. The van der Waals surface area contributed by atoms with Gasteiger partial charge < -0.3 is 15.5 Å². The fourth-order valence-electron chi connectivity index (χ4n) is 1.81. The van der Waals surface area contributed by atoms with E-state index in [2.05, 4.69) is 15.7 Å². The zero-order valence-corrected chi connectivity index (χ0v) is 9.76. The Bertz CT molecular complexity index is 434. The zero-order chi connectivity index (χ0) is 13.0. The minimum absolute atomic E-state index is 0.0622. The second kappa shape index (κ2) is 5.61. The fraction of sp³-hybridized carbons (Fsp3) is 0.500. The van der Waals surface area contributed by atoms with Gasteiger partial charge in [0.15, 0.2) is 0 Å². The van der Waals surface area contributed by atoms with E-state index < -0.39 is 4.92 Å². The first kappa shape index (κ1) is 12.5. The van der Waals surface area contributed by atoms with Gasteiger partial charge in [0.05, 0.1) is 23.2 Å². The third-order valence-corrected chi connectivity index (χ3v) is 2.70. The number of aromatic nitrogens is 1. The molecule has 1 aromatic heterocycles. The third kappa shape index (κ3) is 3.05. The molecule has 1 unspecified atom stereocenters. The van der Waals surface area contributed by atoms with Gasteiger partial charge in [-0.25, -0.2) is 10.8 Å². The Kier molecular flexibility index (Phi) is 3.90. The predicted molar refractivity (Wildman–Crippen MR) is 66.2 cm³/mol. The molecule has 1 fully saturated rings. The Balaban J connectivity index is 2.05. The zero-order valence-electron chi connectivity index (χ0n) is 9.76. The van der Waals surface area contributed by atoms with Gasteiger partial charge in [-0.2, -0.15) is 0 Å². The molecule has 0 spiro atoms. The van der Waals surface area contributed by atoms with E-state index in [4.69, 9.17) is 10.6 Å². The Hall–Kier alpha value is -1.93. The van der Waals surface area contributed by atoms with E-state index in [-0.39, 0.29) is 17.6 Å². The molecule has 1 aliphatic heterocycles. The topological polar surface area (TPSA) is 115 Å². The Morgan fingerprint density at radius 1 is 1.56 bits per heavy atom. The lowest BCUT2D eigenvalue weighted by molar-refractivity contribution is -0.384. The highest BCUT2D eigenvalue weighted by Crippen LogP contribution is 2.20. The number of rotatable bonds is 5. The van der Waals surface area contributed by atoms with Crippen molar-refractivity contribution in [2.45, 2.75) is 18.9 Å². The van der Waals surface area contributed by atoms with Crippen LogP contribution in [0.5, 0.6) is 0 Å². The minimum atomic E-state index is -0.486. The quantitative estimate of drug-likeness (QED) is 0.405. The summed E-state index contributed by atoms with van der Waals surface area (Å²) in [5.74, 6) is 5.88. The van der Waals surface area contributed by atoms with Crippen molar-refractivity contribution in [2.75, 3.05) is 23.9 Å². The molecule has 0 aromatic carbocycles. The molecule has 0 amide bonds. The predicted octanol–water partition coefficient (Wildman–Crippen LogP) is 0.866. The third-order valence-electron chi connectivity index (χ3n) is 2.70. The molecule has 0 saturated carbocycles. The van der Waals surface area contributed by atoms with E-state index in [9.17, 15) is 10.1 Å². The maximum absolute atomic E-state index is 10.7. The van der Waals surface area contributed by atoms with E-state index in [0.29, 0.717) is 12.4 Å². The van der Waals surface area contributed by atoms with E-state index in [1.54, 1.807) is 0 Å². The molecule has 8 heteroatoms. The summed E-state index contributed by atoms with van der Waals surface area (Å²) in [6.07, 6.45) is 2.18. The molecule has 1 aromatic rings. The Morgan fingerprint density at radius 3 is 2.94 bits per heavy atom. The van der Waals surface area contributed by atoms with Crippen LogP contribution in [0.15, 0.2) is 12.1 Å². The molecule has 2 heterocycles. The van der Waals surface area contributed by atoms with E-state index in [0.717, 1.165) is 19.4 Å². The van der Waals surface area contributed by atoms with Gasteiger partial charge >= 0.3 is 0 Å². The van der Waals surface area contributed by atoms with Crippen LogP contribution in [-0.4, -0.2) is 29.2 Å². The molecule has 18 heavy (non-hydrogen) atoms. The molecule has 1 aliphatic rings. The van der Waals surface area contributed by atoms with Crippen molar-refractivity contribution in [2.24, 2.45) is 5.84 Å². The maximum atomic E-state index is 10.7. The minimum Gasteiger partial charge on any atom is -0.376 e. The lowest BCUT2D eigenvalue weighted by Gasteiger charge is -2.11. The summed E-state index contributed by atoms with van der Waals surface area (Å²) in [5, 5.41) is 13.8. The summed E-state index contributed by atoms with van der Waals surface area (Å²) in [6, 6.07) is 2.65. The molecular formula is C10H15N5O3. The van der Waals surface area contributed by atoms with Crippen LogP contribution in [-0.2, 0) is 4.74 Å². The number of nitrogens with zero attached hydrogens (tertiary/aromatic N) is 2. The molecule has 2 rings (SSSR count). The Labute approximate surface area is 104 Å². The van der Waals surface area contributed by atoms with E-state index >= 15 is 0 Å². The van der Waals surface area contributed by atoms with Crippen molar-refractivity contribution < 1.29 is 9.66 Å². The van der Waals surface area contributed by atoms with Crippen molar-refractivity contribution in [3.05, 3.63) is 22.2 Å². The highest BCUT2D eigenvalue weighted by atomic mass is 16.6. The number of hydrogen-bond donors (Lipinski definition) is 3. The number of hydrazine groups is 1. The first-order chi connectivity index (χ1) is 8.69. The van der Waals surface area contributed by atoms with Gasteiger partial charge in [-0.3, -0.25) is 10.1 Å². The maximum Gasteiger partial charge on any atom is 0.276 e. The number of ether oxygens (including phenoxy) is 1. The largest absolute Gasteiger partial charge is 0.376 e. The monoisotopic (exact) mass is 253 g/mol. The second-order valence-corrected chi connectivity index (χ2v) is 4.01. The number of anilines is 2. The number of pyridine rings is 1. The summed E-state index contributed by atoms with van der Waals surface area (Å²) < 4.78 is 5.44. The van der Waals surface area contributed by atoms with Gasteiger partial charge in [-0.15, -0.1) is 0 Å². The summed E-state index contributed by atoms with van der Waals surface area (Å²) >= 11 is 0. The van der Waals surface area contributed by atoms with Crippen LogP contribution < -0.4 is 16.6 Å². The SMILES string of the molecule is NNc1cc([N+](=O)[O-])cc(NCC2CCCO2)n1. The highest BCUT2D eigenvalue weighted by Gasteiger charge is 2.16. The van der Waals surface area contributed by atoms with Crippen molar-refractivity contribution in [1.82, 2.24) is 4.98 Å². The van der Waals surface area contributed by atoms with Gasteiger partial charge in [0.1, 0.15) is 11.6 Å². The molecule has 1 atom stereocenters. The molecule has 8 nitrogen and oxygen atoms in total. The first-order valence-corrected chi connectivity index (χ1v) is 5.67. The number of nitro groups is 1. The highest BCUT2D eigenvalue weighted by molar-refractivity contribution is 5.54. The van der Waals surface area contributed by atoms with Gasteiger partial charge in [0.25, 0.3) is 5.69 Å². The van der Waals surface area contributed by atoms with Crippen LogP contribution >= 0.6 is 0 Å². The van der Waals surface area contributed by atoms with Crippen molar-refractivity contribution in [3.63, 3.8) is 0 Å². The number of nitrogens with one attached hydrogen (secondary N) is 2. The molecule has 98 valence electrons. The van der Waals surface area contributed by atoms with Crippen LogP contribution in [0.4, 0.5) is 17.3 Å². The average molecular weight is 253 g/mol. The first-order valence-electron chi connectivity index (χ1n) is 5.67. The van der Waals surface area contributed by atoms with Gasteiger partial charge in [-0.1, -0.05) is 0 Å². The molecule has 4 N–H and O–H groups in total. The lowest BCUT2D eigenvalue weighted by atomic mass is 10.2. The standard InChI is InChI=1S/C10H15N5O3/c11-14-10-5-7(15(16)17)4-9(13-10)12-6-8-2-1-3-18-8/h4-5,8H,1-3,6,11H2,(H2,12,13,14). The molecular weight excluding hydrogens is 238 g/mol. The summed E-state index contributed by atoms with van der Waals surface area (Å²) in [5.41, 5.74) is 2.24. The average Bonchev–Trinajstić information content (AvgIpc) is 2.89. The number of hydrogen-bond acceptors (Lipinski definition) is 7. The number of nitrogen functional groups attached to an aromatic ring is 1. The van der Waals surface area contributed by atoms with Crippen LogP contribution in [0, 0.1) is 10.1 Å². The Morgan fingerprint density at radius 2 is 2.33 bits per heavy atom. The number of nitrogens with two attached hydrogens (primary N) is 1. The lowest BCUT2D eigenvalue weighted by Crippen LogP contribution is -2.19. The van der Waals surface area contributed by atoms with E-state index in [1.807, 2.05) is 0 Å². The molecule has 0 bridgehead atoms. The normalized spacial score (nSPS) is 18.6. The van der Waals surface area contributed by atoms with Crippen LogP contribution in [0.1, 0.15) is 12.8 Å². The van der Waals surface area contributed by atoms with E-state index in [1.165, 1.54) is 12.1 Å². The van der Waals surface area contributed by atoms with Crippen molar-refractivity contribution in [1.29, 1.82) is 0 Å². The van der Waals surface area contributed by atoms with Gasteiger partial charge in [0.2, 0.25) is 0 Å².